The monoisotopic (exact) mass is 477 g/mol. The fourth-order valence-corrected chi connectivity index (χ4v) is 4.53. The minimum Gasteiger partial charge on any atom is -0.494 e. The Labute approximate surface area is 191 Å². The number of fused-ring (bicyclic) bond motifs is 4. The molecule has 2 bridgehead atoms. The standard InChI is InChI=1S/C22H19F4N5O3/c1-11-13(4-3-5-14(11)22(24,25)26)21(32)31-12-8-30-19(16-6-18(33-2)15(23)7-27-16)28-29-20(30)17(31)10-34-9-12/h3-7,12,17H,8-10H2,1-2H3/t12?,17-/m1/s1. The Morgan fingerprint density at radius 1 is 1.24 bits per heavy atom. The minimum atomic E-state index is -4.57. The van der Waals surface area contributed by atoms with Gasteiger partial charge in [-0.2, -0.15) is 13.2 Å². The molecular formula is C22H19F4N5O3. The van der Waals surface area contributed by atoms with Crippen molar-refractivity contribution in [3.05, 3.63) is 58.8 Å². The number of aromatic nitrogens is 4. The van der Waals surface area contributed by atoms with Gasteiger partial charge in [0.1, 0.15) is 11.7 Å². The van der Waals surface area contributed by atoms with Crippen LogP contribution in [0.2, 0.25) is 0 Å². The van der Waals surface area contributed by atoms with Crippen molar-refractivity contribution in [2.75, 3.05) is 20.3 Å². The summed E-state index contributed by atoms with van der Waals surface area (Å²) in [5.41, 5.74) is -0.665. The van der Waals surface area contributed by atoms with E-state index in [1.54, 1.807) is 4.57 Å². The van der Waals surface area contributed by atoms with Crippen LogP contribution in [0, 0.1) is 12.7 Å². The molecule has 8 nitrogen and oxygen atoms in total. The second-order valence-electron chi connectivity index (χ2n) is 8.09. The van der Waals surface area contributed by atoms with Crippen LogP contribution in [0.1, 0.15) is 33.4 Å². The highest BCUT2D eigenvalue weighted by atomic mass is 19.4. The van der Waals surface area contributed by atoms with Crippen molar-refractivity contribution in [3.63, 3.8) is 0 Å². The van der Waals surface area contributed by atoms with Crippen molar-refractivity contribution in [2.24, 2.45) is 0 Å². The third-order valence-corrected chi connectivity index (χ3v) is 6.16. The number of amides is 1. The van der Waals surface area contributed by atoms with E-state index in [0.29, 0.717) is 17.3 Å². The number of alkyl halides is 3. The summed E-state index contributed by atoms with van der Waals surface area (Å²) in [6, 6.07) is 3.86. The molecule has 0 aliphatic carbocycles. The molecule has 1 fully saturated rings. The van der Waals surface area contributed by atoms with Gasteiger partial charge in [-0.3, -0.25) is 4.79 Å². The largest absolute Gasteiger partial charge is 0.494 e. The van der Waals surface area contributed by atoms with E-state index in [-0.39, 0.29) is 36.6 Å². The molecule has 3 aromatic rings. The van der Waals surface area contributed by atoms with Gasteiger partial charge in [-0.1, -0.05) is 6.07 Å². The summed E-state index contributed by atoms with van der Waals surface area (Å²) in [6.45, 7) is 1.83. The maximum atomic E-state index is 13.8. The average Bonchev–Trinajstić information content (AvgIpc) is 3.21. The van der Waals surface area contributed by atoms with Crippen LogP contribution in [0.5, 0.6) is 5.75 Å². The molecule has 0 saturated carbocycles. The molecule has 4 heterocycles. The number of morpholine rings is 1. The lowest BCUT2D eigenvalue weighted by molar-refractivity contribution is -0.138. The van der Waals surface area contributed by atoms with E-state index in [9.17, 15) is 22.4 Å². The van der Waals surface area contributed by atoms with Crippen LogP contribution in [0.15, 0.2) is 30.5 Å². The van der Waals surface area contributed by atoms with Crippen molar-refractivity contribution in [1.29, 1.82) is 0 Å². The minimum absolute atomic E-state index is 0.00138. The van der Waals surface area contributed by atoms with Gasteiger partial charge >= 0.3 is 6.18 Å². The molecule has 2 aromatic heterocycles. The maximum Gasteiger partial charge on any atom is 0.416 e. The summed E-state index contributed by atoms with van der Waals surface area (Å²) in [4.78, 5) is 19.1. The van der Waals surface area contributed by atoms with Gasteiger partial charge in [-0.25, -0.2) is 9.37 Å². The van der Waals surface area contributed by atoms with E-state index in [1.165, 1.54) is 37.1 Å². The Morgan fingerprint density at radius 2 is 2.03 bits per heavy atom. The summed E-state index contributed by atoms with van der Waals surface area (Å²) in [7, 11) is 1.34. The first-order valence-corrected chi connectivity index (χ1v) is 10.4. The molecule has 2 aliphatic rings. The zero-order chi connectivity index (χ0) is 24.2. The van der Waals surface area contributed by atoms with Gasteiger partial charge < -0.3 is 18.9 Å². The van der Waals surface area contributed by atoms with Crippen molar-refractivity contribution in [2.45, 2.75) is 31.7 Å². The van der Waals surface area contributed by atoms with E-state index in [4.69, 9.17) is 9.47 Å². The molecule has 0 N–H and O–H groups in total. The molecule has 0 radical (unpaired) electrons. The molecule has 34 heavy (non-hydrogen) atoms. The Hall–Kier alpha value is -3.54. The smallest absolute Gasteiger partial charge is 0.416 e. The number of hydrogen-bond donors (Lipinski definition) is 0. The highest BCUT2D eigenvalue weighted by Crippen LogP contribution is 2.38. The zero-order valence-corrected chi connectivity index (χ0v) is 18.1. The van der Waals surface area contributed by atoms with Crippen molar-refractivity contribution >= 4 is 5.91 Å². The van der Waals surface area contributed by atoms with Gasteiger partial charge in [-0.15, -0.1) is 10.2 Å². The fourth-order valence-electron chi connectivity index (χ4n) is 4.53. The molecule has 2 aliphatic heterocycles. The number of halogens is 4. The van der Waals surface area contributed by atoms with Gasteiger partial charge in [0.05, 0.1) is 38.1 Å². The van der Waals surface area contributed by atoms with Gasteiger partial charge in [0.2, 0.25) is 0 Å². The fraction of sp³-hybridized carbons (Fsp3) is 0.364. The molecule has 1 unspecified atom stereocenters. The van der Waals surface area contributed by atoms with Gasteiger partial charge in [-0.05, 0) is 24.6 Å². The van der Waals surface area contributed by atoms with Crippen LogP contribution in [0.3, 0.4) is 0 Å². The molecular weight excluding hydrogens is 458 g/mol. The Morgan fingerprint density at radius 3 is 2.76 bits per heavy atom. The topological polar surface area (TPSA) is 82.4 Å². The number of rotatable bonds is 3. The summed E-state index contributed by atoms with van der Waals surface area (Å²) in [6.07, 6.45) is -3.55. The molecule has 178 valence electrons. The van der Waals surface area contributed by atoms with E-state index >= 15 is 0 Å². The molecule has 1 amide bonds. The maximum absolute atomic E-state index is 13.8. The second-order valence-corrected chi connectivity index (χ2v) is 8.09. The van der Waals surface area contributed by atoms with E-state index < -0.39 is 35.5 Å². The molecule has 5 rings (SSSR count). The normalized spacial score (nSPS) is 19.6. The lowest BCUT2D eigenvalue weighted by Gasteiger charge is -2.45. The quantitative estimate of drug-likeness (QED) is 0.538. The Kier molecular flexibility index (Phi) is 5.27. The first-order chi connectivity index (χ1) is 16.2. The number of benzene rings is 1. The highest BCUT2D eigenvalue weighted by molar-refractivity contribution is 5.96. The summed E-state index contributed by atoms with van der Waals surface area (Å²) < 4.78 is 66.5. The average molecular weight is 477 g/mol. The summed E-state index contributed by atoms with van der Waals surface area (Å²) in [5, 5.41) is 8.42. The summed E-state index contributed by atoms with van der Waals surface area (Å²) in [5.74, 6) is -0.373. The van der Waals surface area contributed by atoms with Crippen LogP contribution in [0.25, 0.3) is 11.5 Å². The number of nitrogens with zero attached hydrogens (tertiary/aromatic N) is 5. The lowest BCUT2D eigenvalue weighted by Crippen LogP contribution is -2.56. The van der Waals surface area contributed by atoms with Crippen LogP contribution in [-0.4, -0.2) is 56.9 Å². The highest BCUT2D eigenvalue weighted by Gasteiger charge is 2.45. The van der Waals surface area contributed by atoms with E-state index in [0.717, 1.165) is 12.3 Å². The second kappa shape index (κ2) is 8.05. The van der Waals surface area contributed by atoms with Crippen LogP contribution in [-0.2, 0) is 17.5 Å². The van der Waals surface area contributed by atoms with Crippen molar-refractivity contribution < 1.29 is 31.8 Å². The zero-order valence-electron chi connectivity index (χ0n) is 18.1. The number of hydrogen-bond acceptors (Lipinski definition) is 6. The Bertz CT molecular complexity index is 1280. The number of carbonyl (C=O) groups excluding carboxylic acids is 1. The van der Waals surface area contributed by atoms with Crippen LogP contribution >= 0.6 is 0 Å². The summed E-state index contributed by atoms with van der Waals surface area (Å²) >= 11 is 0. The third kappa shape index (κ3) is 3.49. The first kappa shape index (κ1) is 22.3. The van der Waals surface area contributed by atoms with E-state index in [2.05, 4.69) is 15.2 Å². The van der Waals surface area contributed by atoms with Crippen LogP contribution in [0.4, 0.5) is 17.6 Å². The lowest BCUT2D eigenvalue weighted by atomic mass is 9.97. The van der Waals surface area contributed by atoms with Gasteiger partial charge in [0, 0.05) is 18.2 Å². The molecule has 1 aromatic carbocycles. The number of ether oxygens (including phenoxy) is 2. The number of pyridine rings is 1. The van der Waals surface area contributed by atoms with Gasteiger partial charge in [0.25, 0.3) is 5.91 Å². The molecule has 1 saturated heterocycles. The van der Waals surface area contributed by atoms with Crippen molar-refractivity contribution in [3.8, 4) is 17.3 Å². The number of carbonyl (C=O) groups is 1. The van der Waals surface area contributed by atoms with E-state index in [1.807, 2.05) is 0 Å². The van der Waals surface area contributed by atoms with Gasteiger partial charge in [0.15, 0.2) is 23.2 Å². The first-order valence-electron chi connectivity index (χ1n) is 10.4. The molecule has 12 heteroatoms. The predicted molar refractivity (Wildman–Crippen MR) is 109 cm³/mol. The van der Waals surface area contributed by atoms with Crippen molar-refractivity contribution in [1.82, 2.24) is 24.6 Å². The Balaban J connectivity index is 1.54. The third-order valence-electron chi connectivity index (χ3n) is 6.16. The molecule has 2 atom stereocenters. The number of methoxy groups -OCH3 is 1. The van der Waals surface area contributed by atoms with Crippen LogP contribution < -0.4 is 4.74 Å². The molecule has 0 spiro atoms. The SMILES string of the molecule is COc1cc(-c2nnc3n2CC2COC[C@H]3N2C(=O)c2cccc(C(F)(F)F)c2C)ncc1F. The predicted octanol–water partition coefficient (Wildman–Crippen LogP) is 3.41.